The lowest BCUT2D eigenvalue weighted by atomic mass is 10.1. The first-order valence-electron chi connectivity index (χ1n) is 6.78. The van der Waals surface area contributed by atoms with Crippen molar-refractivity contribution in [2.45, 2.75) is 20.3 Å². The van der Waals surface area contributed by atoms with Gasteiger partial charge in [-0.15, -0.1) is 12.4 Å². The van der Waals surface area contributed by atoms with Gasteiger partial charge in [0.05, 0.1) is 0 Å². The Morgan fingerprint density at radius 3 is 2.80 bits per heavy atom. The number of carbonyl (C=O) groups excluding carboxylic acids is 1. The van der Waals surface area contributed by atoms with E-state index in [9.17, 15) is 4.79 Å². The zero-order valence-electron chi connectivity index (χ0n) is 12.1. The number of ether oxygens (including phenoxy) is 1. The molecule has 5 heteroatoms. The zero-order chi connectivity index (χ0) is 13.8. The number of halogens is 1. The minimum Gasteiger partial charge on any atom is -0.484 e. The Hall–Kier alpha value is -1.26. The molecule has 1 amide bonds. The predicted molar refractivity (Wildman–Crippen MR) is 82.4 cm³/mol. The van der Waals surface area contributed by atoms with Gasteiger partial charge in [0.15, 0.2) is 6.61 Å². The minimum absolute atomic E-state index is 0. The number of hydrogen-bond acceptors (Lipinski definition) is 3. The normalized spacial score (nSPS) is 17.8. The van der Waals surface area contributed by atoms with Crippen molar-refractivity contribution >= 4 is 18.3 Å². The summed E-state index contributed by atoms with van der Waals surface area (Å²) in [6.45, 7) is 6.37. The van der Waals surface area contributed by atoms with E-state index in [2.05, 4.69) is 6.07 Å². The highest BCUT2D eigenvalue weighted by molar-refractivity contribution is 5.85. The van der Waals surface area contributed by atoms with Gasteiger partial charge >= 0.3 is 0 Å². The van der Waals surface area contributed by atoms with E-state index in [1.165, 1.54) is 5.56 Å². The third-order valence-corrected chi connectivity index (χ3v) is 3.65. The SMILES string of the molecule is Cc1ccc(OCC(=O)N2CCC(CN)C2)c(C)c1.Cl. The van der Waals surface area contributed by atoms with Crippen LogP contribution in [0, 0.1) is 19.8 Å². The Balaban J connectivity index is 0.00000200. The molecule has 0 saturated carbocycles. The molecule has 4 nitrogen and oxygen atoms in total. The summed E-state index contributed by atoms with van der Waals surface area (Å²) < 4.78 is 5.61. The topological polar surface area (TPSA) is 55.6 Å². The Morgan fingerprint density at radius 2 is 2.20 bits per heavy atom. The summed E-state index contributed by atoms with van der Waals surface area (Å²) >= 11 is 0. The molecule has 0 aromatic heterocycles. The molecule has 0 aliphatic carbocycles. The van der Waals surface area contributed by atoms with Crippen molar-refractivity contribution in [1.82, 2.24) is 4.90 Å². The van der Waals surface area contributed by atoms with Gasteiger partial charge in [-0.3, -0.25) is 4.79 Å². The van der Waals surface area contributed by atoms with Gasteiger partial charge in [-0.05, 0) is 44.4 Å². The fraction of sp³-hybridized carbons (Fsp3) is 0.533. The number of rotatable bonds is 4. The van der Waals surface area contributed by atoms with E-state index in [0.717, 1.165) is 30.8 Å². The summed E-state index contributed by atoms with van der Waals surface area (Å²) in [6.07, 6.45) is 1.01. The monoisotopic (exact) mass is 298 g/mol. The lowest BCUT2D eigenvalue weighted by Gasteiger charge is -2.17. The molecule has 20 heavy (non-hydrogen) atoms. The largest absolute Gasteiger partial charge is 0.484 e. The summed E-state index contributed by atoms with van der Waals surface area (Å²) in [7, 11) is 0. The Labute approximate surface area is 126 Å². The van der Waals surface area contributed by atoms with Crippen LogP contribution in [0.3, 0.4) is 0 Å². The maximum absolute atomic E-state index is 12.0. The molecule has 112 valence electrons. The van der Waals surface area contributed by atoms with E-state index < -0.39 is 0 Å². The molecular weight excluding hydrogens is 276 g/mol. The van der Waals surface area contributed by atoms with Crippen LogP contribution < -0.4 is 10.5 Å². The van der Waals surface area contributed by atoms with Crippen LogP contribution in [0.5, 0.6) is 5.75 Å². The average Bonchev–Trinajstić information content (AvgIpc) is 2.86. The van der Waals surface area contributed by atoms with Crippen LogP contribution in [-0.2, 0) is 4.79 Å². The summed E-state index contributed by atoms with van der Waals surface area (Å²) in [5, 5.41) is 0. The molecule has 1 saturated heterocycles. The smallest absolute Gasteiger partial charge is 0.260 e. The van der Waals surface area contributed by atoms with Crippen LogP contribution in [0.25, 0.3) is 0 Å². The molecule has 2 rings (SSSR count). The Morgan fingerprint density at radius 1 is 1.45 bits per heavy atom. The highest BCUT2D eigenvalue weighted by atomic mass is 35.5. The van der Waals surface area contributed by atoms with Crippen molar-refractivity contribution in [2.75, 3.05) is 26.2 Å². The second-order valence-electron chi connectivity index (χ2n) is 5.29. The summed E-state index contributed by atoms with van der Waals surface area (Å²) in [4.78, 5) is 13.9. The van der Waals surface area contributed by atoms with Gasteiger partial charge in [-0.2, -0.15) is 0 Å². The fourth-order valence-corrected chi connectivity index (χ4v) is 2.44. The van der Waals surface area contributed by atoms with Crippen LogP contribution in [-0.4, -0.2) is 37.0 Å². The summed E-state index contributed by atoms with van der Waals surface area (Å²) in [5.41, 5.74) is 7.89. The third-order valence-electron chi connectivity index (χ3n) is 3.65. The molecule has 2 N–H and O–H groups in total. The number of amides is 1. The number of benzene rings is 1. The van der Waals surface area contributed by atoms with Gasteiger partial charge in [0, 0.05) is 13.1 Å². The zero-order valence-corrected chi connectivity index (χ0v) is 12.9. The second-order valence-corrected chi connectivity index (χ2v) is 5.29. The van der Waals surface area contributed by atoms with Gasteiger partial charge in [0.25, 0.3) is 5.91 Å². The molecule has 1 unspecified atom stereocenters. The van der Waals surface area contributed by atoms with E-state index in [4.69, 9.17) is 10.5 Å². The molecule has 0 radical (unpaired) electrons. The van der Waals surface area contributed by atoms with Crippen molar-refractivity contribution in [3.8, 4) is 5.75 Å². The third kappa shape index (κ3) is 4.12. The van der Waals surface area contributed by atoms with Crippen molar-refractivity contribution < 1.29 is 9.53 Å². The van der Waals surface area contributed by atoms with Gasteiger partial charge in [0.2, 0.25) is 0 Å². The lowest BCUT2D eigenvalue weighted by molar-refractivity contribution is -0.132. The Bertz CT molecular complexity index is 465. The summed E-state index contributed by atoms with van der Waals surface area (Å²) in [6, 6.07) is 5.97. The maximum atomic E-state index is 12.0. The van der Waals surface area contributed by atoms with Crippen LogP contribution >= 0.6 is 12.4 Å². The summed E-state index contributed by atoms with van der Waals surface area (Å²) in [5.74, 6) is 1.29. The number of carbonyl (C=O) groups is 1. The van der Waals surface area contributed by atoms with E-state index in [0.29, 0.717) is 12.5 Å². The molecule has 0 spiro atoms. The number of likely N-dealkylation sites (tertiary alicyclic amines) is 1. The van der Waals surface area contributed by atoms with Gasteiger partial charge in [-0.25, -0.2) is 0 Å². The van der Waals surface area contributed by atoms with E-state index in [-0.39, 0.29) is 24.9 Å². The predicted octanol–water partition coefficient (Wildman–Crippen LogP) is 1.91. The quantitative estimate of drug-likeness (QED) is 0.924. The van der Waals surface area contributed by atoms with E-state index >= 15 is 0 Å². The first-order chi connectivity index (χ1) is 9.10. The van der Waals surface area contributed by atoms with Crippen LogP contribution in [0.2, 0.25) is 0 Å². The van der Waals surface area contributed by atoms with Crippen LogP contribution in [0.4, 0.5) is 0 Å². The number of nitrogens with zero attached hydrogens (tertiary/aromatic N) is 1. The highest BCUT2D eigenvalue weighted by Crippen LogP contribution is 2.19. The van der Waals surface area contributed by atoms with Crippen LogP contribution in [0.15, 0.2) is 18.2 Å². The molecule has 0 bridgehead atoms. The maximum Gasteiger partial charge on any atom is 0.260 e. The minimum atomic E-state index is 0. The standard InChI is InChI=1S/C15H22N2O2.ClH/c1-11-3-4-14(12(2)7-11)19-10-15(18)17-6-5-13(8-16)9-17;/h3-4,7,13H,5-6,8-10,16H2,1-2H3;1H. The molecular formula is C15H23ClN2O2. The van der Waals surface area contributed by atoms with Gasteiger partial charge in [-0.1, -0.05) is 17.7 Å². The molecule has 1 atom stereocenters. The van der Waals surface area contributed by atoms with Crippen molar-refractivity contribution in [3.05, 3.63) is 29.3 Å². The Kier molecular flexibility index (Phi) is 6.30. The van der Waals surface area contributed by atoms with Crippen molar-refractivity contribution in [1.29, 1.82) is 0 Å². The molecule has 1 aliphatic rings. The first kappa shape index (κ1) is 16.8. The molecule has 1 aromatic carbocycles. The first-order valence-corrected chi connectivity index (χ1v) is 6.78. The second kappa shape index (κ2) is 7.50. The van der Waals surface area contributed by atoms with E-state index in [1.807, 2.05) is 30.9 Å². The van der Waals surface area contributed by atoms with Crippen LogP contribution in [0.1, 0.15) is 17.5 Å². The van der Waals surface area contributed by atoms with Crippen molar-refractivity contribution in [3.63, 3.8) is 0 Å². The van der Waals surface area contributed by atoms with Gasteiger partial charge in [0.1, 0.15) is 5.75 Å². The number of nitrogens with two attached hydrogens (primary N) is 1. The van der Waals surface area contributed by atoms with Gasteiger partial charge < -0.3 is 15.4 Å². The molecule has 1 aromatic rings. The number of hydrogen-bond donors (Lipinski definition) is 1. The average molecular weight is 299 g/mol. The van der Waals surface area contributed by atoms with Crippen molar-refractivity contribution in [2.24, 2.45) is 11.7 Å². The highest BCUT2D eigenvalue weighted by Gasteiger charge is 2.25. The number of aryl methyl sites for hydroxylation is 2. The molecule has 1 fully saturated rings. The van der Waals surface area contributed by atoms with E-state index in [1.54, 1.807) is 0 Å². The molecule has 1 heterocycles. The fourth-order valence-electron chi connectivity index (χ4n) is 2.44. The lowest BCUT2D eigenvalue weighted by Crippen LogP contribution is -2.33. The molecule has 1 aliphatic heterocycles.